The van der Waals surface area contributed by atoms with E-state index in [-0.39, 0.29) is 17.4 Å². The average molecular weight is 328 g/mol. The number of thioether (sulfide) groups is 1. The predicted molar refractivity (Wildman–Crippen MR) is 95.1 cm³/mol. The predicted octanol–water partition coefficient (Wildman–Crippen LogP) is 4.54. The lowest BCUT2D eigenvalue weighted by Gasteiger charge is -2.20. The topological polar surface area (TPSA) is 52.9 Å². The summed E-state index contributed by atoms with van der Waals surface area (Å²) in [6.45, 7) is 4.26. The number of amides is 1. The maximum Gasteiger partial charge on any atom is 0.230 e. The van der Waals surface area contributed by atoms with Crippen LogP contribution in [0.1, 0.15) is 51.5 Å². The fourth-order valence-electron chi connectivity index (χ4n) is 2.71. The standard InChI is InChI=1S/C19H24N2OS/c1-3-4-6-15(2)21-18(22)19(11-12-19)16-7-9-17(10-8-16)23-14-5-13-20/h5,7-10,14-15H,3-4,6,11-12H2,1-2H3,(H,21,22). The molecule has 0 saturated heterocycles. The van der Waals surface area contributed by atoms with E-state index in [1.54, 1.807) is 5.41 Å². The Morgan fingerprint density at radius 1 is 1.43 bits per heavy atom. The molecule has 1 amide bonds. The first-order chi connectivity index (χ1) is 11.1. The van der Waals surface area contributed by atoms with Crippen LogP contribution in [0.2, 0.25) is 0 Å². The maximum atomic E-state index is 12.6. The smallest absolute Gasteiger partial charge is 0.230 e. The van der Waals surface area contributed by atoms with E-state index in [9.17, 15) is 4.79 Å². The highest BCUT2D eigenvalue weighted by Gasteiger charge is 2.51. The molecule has 1 aromatic rings. The molecule has 0 radical (unpaired) electrons. The van der Waals surface area contributed by atoms with Crippen LogP contribution in [-0.4, -0.2) is 11.9 Å². The molecule has 0 aliphatic heterocycles. The van der Waals surface area contributed by atoms with Gasteiger partial charge in [0.05, 0.1) is 11.5 Å². The molecule has 1 saturated carbocycles. The van der Waals surface area contributed by atoms with Gasteiger partial charge >= 0.3 is 0 Å². The summed E-state index contributed by atoms with van der Waals surface area (Å²) in [6, 6.07) is 10.4. The molecular formula is C19H24N2OS. The monoisotopic (exact) mass is 328 g/mol. The van der Waals surface area contributed by atoms with Crippen LogP contribution in [0.15, 0.2) is 40.6 Å². The van der Waals surface area contributed by atoms with Crippen molar-refractivity contribution in [3.8, 4) is 6.07 Å². The molecule has 1 aliphatic rings. The van der Waals surface area contributed by atoms with E-state index in [4.69, 9.17) is 5.26 Å². The Kier molecular flexibility index (Phi) is 6.29. The summed E-state index contributed by atoms with van der Waals surface area (Å²) in [6.07, 6.45) is 6.67. The third-order valence-corrected chi connectivity index (χ3v) is 5.12. The van der Waals surface area contributed by atoms with Crippen molar-refractivity contribution in [3.63, 3.8) is 0 Å². The van der Waals surface area contributed by atoms with Gasteiger partial charge in [0.2, 0.25) is 5.91 Å². The molecule has 4 heteroatoms. The maximum absolute atomic E-state index is 12.6. The van der Waals surface area contributed by atoms with Gasteiger partial charge in [0.15, 0.2) is 0 Å². The number of nitrogens with zero attached hydrogens (tertiary/aromatic N) is 1. The minimum Gasteiger partial charge on any atom is -0.353 e. The molecule has 23 heavy (non-hydrogen) atoms. The molecule has 0 heterocycles. The Bertz CT molecular complexity index is 597. The van der Waals surface area contributed by atoms with E-state index >= 15 is 0 Å². The van der Waals surface area contributed by atoms with Crippen LogP contribution in [0.5, 0.6) is 0 Å². The van der Waals surface area contributed by atoms with Gasteiger partial charge in [0, 0.05) is 17.0 Å². The second-order valence-electron chi connectivity index (χ2n) is 6.17. The summed E-state index contributed by atoms with van der Waals surface area (Å²) in [7, 11) is 0. The Morgan fingerprint density at radius 3 is 2.70 bits per heavy atom. The molecule has 2 rings (SSSR count). The molecule has 0 aromatic heterocycles. The first-order valence-corrected chi connectivity index (χ1v) is 9.13. The van der Waals surface area contributed by atoms with E-state index in [2.05, 4.69) is 19.2 Å². The second kappa shape index (κ2) is 8.21. The summed E-state index contributed by atoms with van der Waals surface area (Å²) in [4.78, 5) is 13.7. The lowest BCUT2D eigenvalue weighted by atomic mass is 9.94. The first kappa shape index (κ1) is 17.6. The molecule has 1 aromatic carbocycles. The number of benzene rings is 1. The Hall–Kier alpha value is -1.73. The fraction of sp³-hybridized carbons (Fsp3) is 0.474. The van der Waals surface area contributed by atoms with Gasteiger partial charge in [-0.1, -0.05) is 43.7 Å². The van der Waals surface area contributed by atoms with E-state index in [0.29, 0.717) is 0 Å². The van der Waals surface area contributed by atoms with Crippen molar-refractivity contribution < 1.29 is 4.79 Å². The summed E-state index contributed by atoms with van der Waals surface area (Å²) in [5, 5.41) is 13.4. The lowest BCUT2D eigenvalue weighted by Crippen LogP contribution is -2.40. The molecule has 1 atom stereocenters. The van der Waals surface area contributed by atoms with Crippen molar-refractivity contribution in [1.82, 2.24) is 5.32 Å². The number of hydrogen-bond donors (Lipinski definition) is 1. The quantitative estimate of drug-likeness (QED) is 0.563. The van der Waals surface area contributed by atoms with E-state index in [1.165, 1.54) is 17.8 Å². The molecule has 0 spiro atoms. The van der Waals surface area contributed by atoms with Gasteiger partial charge in [-0.15, -0.1) is 0 Å². The van der Waals surface area contributed by atoms with Crippen LogP contribution in [0.25, 0.3) is 0 Å². The normalized spacial score (nSPS) is 16.7. The number of hydrogen-bond acceptors (Lipinski definition) is 3. The van der Waals surface area contributed by atoms with Crippen LogP contribution < -0.4 is 5.32 Å². The van der Waals surface area contributed by atoms with E-state index in [1.807, 2.05) is 30.3 Å². The number of nitrogens with one attached hydrogen (secondary N) is 1. The molecule has 122 valence electrons. The molecule has 1 fully saturated rings. The number of rotatable bonds is 8. The molecular weight excluding hydrogens is 304 g/mol. The summed E-state index contributed by atoms with van der Waals surface area (Å²) in [5.41, 5.74) is 0.790. The third kappa shape index (κ3) is 4.62. The third-order valence-electron chi connectivity index (χ3n) is 4.31. The highest BCUT2D eigenvalue weighted by atomic mass is 32.2. The molecule has 3 nitrogen and oxygen atoms in total. The zero-order valence-electron chi connectivity index (χ0n) is 13.8. The highest BCUT2D eigenvalue weighted by molar-refractivity contribution is 8.02. The number of carbonyl (C=O) groups excluding carboxylic acids is 1. The number of allylic oxidation sites excluding steroid dienone is 1. The number of unbranched alkanes of at least 4 members (excludes halogenated alkanes) is 1. The average Bonchev–Trinajstić information content (AvgIpc) is 3.36. The van der Waals surface area contributed by atoms with E-state index < -0.39 is 0 Å². The van der Waals surface area contributed by atoms with Gasteiger partial charge in [-0.3, -0.25) is 4.79 Å². The van der Waals surface area contributed by atoms with Crippen molar-refractivity contribution in [2.24, 2.45) is 0 Å². The number of carbonyl (C=O) groups is 1. The van der Waals surface area contributed by atoms with Crippen molar-refractivity contribution in [1.29, 1.82) is 5.26 Å². The summed E-state index contributed by atoms with van der Waals surface area (Å²) < 4.78 is 0. The minimum absolute atomic E-state index is 0.172. The summed E-state index contributed by atoms with van der Waals surface area (Å²) >= 11 is 1.51. The van der Waals surface area contributed by atoms with Gasteiger partial charge in [-0.25, -0.2) is 0 Å². The van der Waals surface area contributed by atoms with Gasteiger partial charge in [0.25, 0.3) is 0 Å². The molecule has 1 aliphatic carbocycles. The largest absolute Gasteiger partial charge is 0.353 e. The molecule has 1 N–H and O–H groups in total. The van der Waals surface area contributed by atoms with Crippen molar-refractivity contribution in [2.75, 3.05) is 0 Å². The Labute approximate surface area is 143 Å². The lowest BCUT2D eigenvalue weighted by molar-refractivity contribution is -0.124. The zero-order valence-corrected chi connectivity index (χ0v) is 14.7. The number of nitriles is 1. The van der Waals surface area contributed by atoms with Crippen LogP contribution in [0, 0.1) is 11.3 Å². The minimum atomic E-state index is -0.313. The molecule has 1 unspecified atom stereocenters. The molecule has 0 bridgehead atoms. The van der Waals surface area contributed by atoms with Crippen LogP contribution >= 0.6 is 11.8 Å². The Morgan fingerprint density at radius 2 is 2.13 bits per heavy atom. The first-order valence-electron chi connectivity index (χ1n) is 8.25. The van der Waals surface area contributed by atoms with Crippen molar-refractivity contribution in [2.45, 2.75) is 62.3 Å². The van der Waals surface area contributed by atoms with Gasteiger partial charge in [0.1, 0.15) is 0 Å². The Balaban J connectivity index is 1.98. The highest BCUT2D eigenvalue weighted by Crippen LogP contribution is 2.48. The van der Waals surface area contributed by atoms with E-state index in [0.717, 1.165) is 42.6 Å². The SMILES string of the molecule is CCCCC(C)NC(=O)C1(c2ccc(SC=CC#N)cc2)CC1. The van der Waals surface area contributed by atoms with Crippen LogP contribution in [0.3, 0.4) is 0 Å². The second-order valence-corrected chi connectivity index (χ2v) is 7.15. The fourth-order valence-corrected chi connectivity index (χ4v) is 3.29. The van der Waals surface area contributed by atoms with Crippen LogP contribution in [-0.2, 0) is 10.2 Å². The van der Waals surface area contributed by atoms with Crippen LogP contribution in [0.4, 0.5) is 0 Å². The van der Waals surface area contributed by atoms with Gasteiger partial charge in [-0.2, -0.15) is 5.26 Å². The van der Waals surface area contributed by atoms with Crippen molar-refractivity contribution >= 4 is 17.7 Å². The van der Waals surface area contributed by atoms with Crippen molar-refractivity contribution in [3.05, 3.63) is 41.3 Å². The summed E-state index contributed by atoms with van der Waals surface area (Å²) in [5.74, 6) is 0.172. The van der Waals surface area contributed by atoms with Gasteiger partial charge in [-0.05, 0) is 49.3 Å². The van der Waals surface area contributed by atoms with Gasteiger partial charge < -0.3 is 5.32 Å². The zero-order chi connectivity index (χ0) is 16.7.